The monoisotopic (exact) mass is 261 g/mol. The van der Waals surface area contributed by atoms with Crippen molar-refractivity contribution in [1.29, 1.82) is 0 Å². The summed E-state index contributed by atoms with van der Waals surface area (Å²) < 4.78 is 29.7. The highest BCUT2D eigenvalue weighted by Crippen LogP contribution is 2.25. The lowest BCUT2D eigenvalue weighted by molar-refractivity contribution is 0.136. The van der Waals surface area contributed by atoms with E-state index < -0.39 is 12.2 Å². The summed E-state index contributed by atoms with van der Waals surface area (Å²) in [5.41, 5.74) is 1.49. The lowest BCUT2D eigenvalue weighted by Gasteiger charge is -2.00. The van der Waals surface area contributed by atoms with E-state index in [0.717, 1.165) is 16.5 Å². The minimum absolute atomic E-state index is 0.0895. The van der Waals surface area contributed by atoms with Gasteiger partial charge in [0.05, 0.1) is 0 Å². The van der Waals surface area contributed by atoms with Crippen molar-refractivity contribution in [3.63, 3.8) is 0 Å². The van der Waals surface area contributed by atoms with Crippen LogP contribution in [0.3, 0.4) is 0 Å². The fourth-order valence-corrected chi connectivity index (χ4v) is 1.82. The molecule has 0 aliphatic rings. The van der Waals surface area contributed by atoms with Crippen LogP contribution in [0.5, 0.6) is 0 Å². The molecule has 1 aromatic carbocycles. The van der Waals surface area contributed by atoms with Crippen LogP contribution < -0.4 is 0 Å². The Morgan fingerprint density at radius 2 is 2.00 bits per heavy atom. The van der Waals surface area contributed by atoms with Gasteiger partial charge in [-0.25, -0.2) is 8.78 Å². The highest BCUT2D eigenvalue weighted by atomic mass is 19.3. The molecular weight excluding hydrogens is 252 g/mol. The van der Waals surface area contributed by atoms with E-state index in [-0.39, 0.29) is 5.89 Å². The molecule has 0 saturated carbocycles. The van der Waals surface area contributed by atoms with Crippen LogP contribution in [0, 0.1) is 6.92 Å². The molecule has 0 aliphatic heterocycles. The second-order valence-electron chi connectivity index (χ2n) is 4.15. The molecule has 0 atom stereocenters. The predicted octanol–water partition coefficient (Wildman–Crippen LogP) is 3.53. The van der Waals surface area contributed by atoms with Gasteiger partial charge in [0.1, 0.15) is 0 Å². The molecule has 96 valence electrons. The van der Waals surface area contributed by atoms with Gasteiger partial charge in [-0.15, -0.1) is 0 Å². The lowest BCUT2D eigenvalue weighted by Crippen LogP contribution is -1.87. The van der Waals surface area contributed by atoms with E-state index in [9.17, 15) is 8.78 Å². The zero-order chi connectivity index (χ0) is 13.4. The van der Waals surface area contributed by atoms with Gasteiger partial charge in [0.25, 0.3) is 5.89 Å². The van der Waals surface area contributed by atoms with E-state index >= 15 is 0 Å². The summed E-state index contributed by atoms with van der Waals surface area (Å²) in [6.07, 6.45) is -0.975. The number of nitrogens with zero attached hydrogens (tertiary/aromatic N) is 3. The third-order valence-electron chi connectivity index (χ3n) is 2.74. The van der Waals surface area contributed by atoms with Crippen LogP contribution in [0.25, 0.3) is 22.2 Å². The Balaban J connectivity index is 2.08. The zero-order valence-electron chi connectivity index (χ0n) is 9.97. The number of rotatable bonds is 2. The van der Waals surface area contributed by atoms with Crippen LogP contribution in [0.1, 0.15) is 17.9 Å². The number of hydrogen-bond donors (Lipinski definition) is 0. The number of benzene rings is 1. The third-order valence-corrected chi connectivity index (χ3v) is 2.74. The maximum absolute atomic E-state index is 12.4. The largest absolute Gasteiger partial charge is 0.334 e. The third kappa shape index (κ3) is 2.16. The number of aryl methyl sites for hydroxylation is 1. The Morgan fingerprint density at radius 1 is 1.16 bits per heavy atom. The Morgan fingerprint density at radius 3 is 2.74 bits per heavy atom. The molecule has 3 aromatic rings. The molecule has 2 aromatic heterocycles. The van der Waals surface area contributed by atoms with Gasteiger partial charge in [0.15, 0.2) is 0 Å². The van der Waals surface area contributed by atoms with Crippen LogP contribution in [-0.4, -0.2) is 15.1 Å². The van der Waals surface area contributed by atoms with Crippen LogP contribution in [0.2, 0.25) is 0 Å². The molecule has 2 heterocycles. The Bertz CT molecular complexity index is 740. The molecule has 0 saturated heterocycles. The molecule has 19 heavy (non-hydrogen) atoms. The smallest absolute Gasteiger partial charge is 0.300 e. The Hall–Kier alpha value is -2.37. The van der Waals surface area contributed by atoms with Crippen molar-refractivity contribution in [3.8, 4) is 11.5 Å². The van der Waals surface area contributed by atoms with Crippen LogP contribution in [-0.2, 0) is 0 Å². The van der Waals surface area contributed by atoms with Crippen LogP contribution in [0.4, 0.5) is 8.78 Å². The minimum atomic E-state index is -2.73. The SMILES string of the molecule is Cc1cc2cc(-c3nc(C(F)F)no3)ccc2cn1. The first-order valence-electron chi connectivity index (χ1n) is 5.62. The standard InChI is InChI=1S/C13H9F2N3O/c1-7-4-10-5-8(2-3-9(10)6-16-7)13-17-12(11(14)15)18-19-13/h2-6,11H,1H3. The first kappa shape index (κ1) is 11.7. The Kier molecular flexibility index (Phi) is 2.70. The molecule has 4 nitrogen and oxygen atoms in total. The van der Waals surface area contributed by atoms with E-state index in [1.54, 1.807) is 12.3 Å². The molecular formula is C13H9F2N3O. The molecule has 3 rings (SSSR count). The van der Waals surface area contributed by atoms with Crippen molar-refractivity contribution in [2.45, 2.75) is 13.3 Å². The number of alkyl halides is 2. The molecule has 0 fully saturated rings. The lowest BCUT2D eigenvalue weighted by atomic mass is 10.1. The second kappa shape index (κ2) is 4.38. The van der Waals surface area contributed by atoms with Crippen molar-refractivity contribution in [3.05, 3.63) is 42.0 Å². The summed E-state index contributed by atoms with van der Waals surface area (Å²) >= 11 is 0. The number of pyridine rings is 1. The topological polar surface area (TPSA) is 51.8 Å². The predicted molar refractivity (Wildman–Crippen MR) is 64.7 cm³/mol. The minimum Gasteiger partial charge on any atom is -0.334 e. The van der Waals surface area contributed by atoms with E-state index in [2.05, 4.69) is 15.1 Å². The van der Waals surface area contributed by atoms with Gasteiger partial charge in [-0.2, -0.15) is 4.98 Å². The quantitative estimate of drug-likeness (QED) is 0.708. The van der Waals surface area contributed by atoms with Crippen molar-refractivity contribution in [2.24, 2.45) is 0 Å². The summed E-state index contributed by atoms with van der Waals surface area (Å²) in [7, 11) is 0. The van der Waals surface area contributed by atoms with Crippen LogP contribution in [0.15, 0.2) is 35.0 Å². The van der Waals surface area contributed by atoms with Gasteiger partial charge in [-0.1, -0.05) is 11.2 Å². The second-order valence-corrected chi connectivity index (χ2v) is 4.15. The number of halogens is 2. The molecule has 0 bridgehead atoms. The van der Waals surface area contributed by atoms with E-state index in [1.807, 2.05) is 25.1 Å². The number of hydrogen-bond acceptors (Lipinski definition) is 4. The average Bonchev–Trinajstić information content (AvgIpc) is 2.87. The molecule has 0 unspecified atom stereocenters. The summed E-state index contributed by atoms with van der Waals surface area (Å²) in [5, 5.41) is 5.15. The van der Waals surface area contributed by atoms with Gasteiger partial charge in [-0.05, 0) is 30.5 Å². The first-order chi connectivity index (χ1) is 9.13. The van der Waals surface area contributed by atoms with E-state index in [0.29, 0.717) is 5.56 Å². The summed E-state index contributed by atoms with van der Waals surface area (Å²) in [4.78, 5) is 7.85. The number of aromatic nitrogens is 3. The maximum Gasteiger partial charge on any atom is 0.300 e. The normalized spacial score (nSPS) is 11.4. The first-order valence-corrected chi connectivity index (χ1v) is 5.62. The van der Waals surface area contributed by atoms with E-state index in [1.165, 1.54) is 0 Å². The van der Waals surface area contributed by atoms with Crippen molar-refractivity contribution in [2.75, 3.05) is 0 Å². The maximum atomic E-state index is 12.4. The summed E-state index contributed by atoms with van der Waals surface area (Å²) in [5.74, 6) is -0.507. The van der Waals surface area contributed by atoms with Gasteiger partial charge in [0, 0.05) is 22.8 Å². The molecule has 0 radical (unpaired) electrons. The zero-order valence-corrected chi connectivity index (χ0v) is 9.97. The fraction of sp³-hybridized carbons (Fsp3) is 0.154. The Labute approximate surface area is 107 Å². The molecule has 0 spiro atoms. The van der Waals surface area contributed by atoms with Crippen molar-refractivity contribution >= 4 is 10.8 Å². The highest BCUT2D eigenvalue weighted by molar-refractivity contribution is 5.85. The van der Waals surface area contributed by atoms with Crippen LogP contribution >= 0.6 is 0 Å². The van der Waals surface area contributed by atoms with Gasteiger partial charge in [0.2, 0.25) is 5.82 Å². The van der Waals surface area contributed by atoms with Crippen molar-refractivity contribution < 1.29 is 13.3 Å². The van der Waals surface area contributed by atoms with Gasteiger partial charge >= 0.3 is 6.43 Å². The summed E-state index contributed by atoms with van der Waals surface area (Å²) in [6.45, 7) is 1.88. The molecule has 0 N–H and O–H groups in total. The number of fused-ring (bicyclic) bond motifs is 1. The average molecular weight is 261 g/mol. The molecule has 6 heteroatoms. The van der Waals surface area contributed by atoms with Crippen molar-refractivity contribution in [1.82, 2.24) is 15.1 Å². The molecule has 0 aliphatic carbocycles. The molecule has 0 amide bonds. The summed E-state index contributed by atoms with van der Waals surface area (Å²) in [6, 6.07) is 7.29. The van der Waals surface area contributed by atoms with Gasteiger partial charge in [-0.3, -0.25) is 4.98 Å². The fourth-order valence-electron chi connectivity index (χ4n) is 1.82. The van der Waals surface area contributed by atoms with Gasteiger partial charge < -0.3 is 4.52 Å². The van der Waals surface area contributed by atoms with E-state index in [4.69, 9.17) is 4.52 Å². The highest BCUT2D eigenvalue weighted by Gasteiger charge is 2.16.